The number of amides is 1. The van der Waals surface area contributed by atoms with E-state index < -0.39 is 11.7 Å². The number of hydrogen-bond acceptors (Lipinski definition) is 4. The summed E-state index contributed by atoms with van der Waals surface area (Å²) in [5, 5.41) is 3.21. The van der Waals surface area contributed by atoms with Crippen LogP contribution in [0.3, 0.4) is 0 Å². The van der Waals surface area contributed by atoms with Gasteiger partial charge in [0.25, 0.3) is 0 Å². The summed E-state index contributed by atoms with van der Waals surface area (Å²) in [6.45, 7) is 0.496. The molecule has 0 bridgehead atoms. The predicted molar refractivity (Wildman–Crippen MR) is 90.8 cm³/mol. The lowest BCUT2D eigenvalue weighted by atomic mass is 10.2. The van der Waals surface area contributed by atoms with Gasteiger partial charge in [-0.05, 0) is 36.4 Å². The Kier molecular flexibility index (Phi) is 5.36. The van der Waals surface area contributed by atoms with Crippen molar-refractivity contribution in [3.8, 4) is 0 Å². The number of carbonyl (C=O) groups excluding carboxylic acids is 1. The van der Waals surface area contributed by atoms with Gasteiger partial charge in [0, 0.05) is 18.1 Å². The summed E-state index contributed by atoms with van der Waals surface area (Å²) in [7, 11) is 0. The maximum Gasteiger partial charge on any atom is 0.416 e. The zero-order chi connectivity index (χ0) is 18.6. The van der Waals surface area contributed by atoms with Crippen molar-refractivity contribution in [1.82, 2.24) is 9.55 Å². The van der Waals surface area contributed by atoms with Crippen molar-refractivity contribution in [3.63, 3.8) is 0 Å². The van der Waals surface area contributed by atoms with Crippen LogP contribution in [0, 0.1) is 0 Å². The van der Waals surface area contributed by atoms with Crippen LogP contribution in [0.2, 0.25) is 0 Å². The van der Waals surface area contributed by atoms with Gasteiger partial charge in [-0.3, -0.25) is 4.79 Å². The molecule has 1 amide bonds. The standard InChI is InChI=1S/C17H14F3N3O2S/c18-17(19,20)12-3-5-13(6-4-12)22-15(24)11-26-16-21-7-8-23(16)10-14-2-1-9-25-14/h1-9H,10-11H2,(H,22,24). The number of thioether (sulfide) groups is 1. The molecule has 0 aliphatic carbocycles. The Labute approximate surface area is 151 Å². The van der Waals surface area contributed by atoms with E-state index in [1.54, 1.807) is 24.7 Å². The minimum absolute atomic E-state index is 0.0796. The Morgan fingerprint density at radius 3 is 2.65 bits per heavy atom. The van der Waals surface area contributed by atoms with Crippen LogP contribution in [0.25, 0.3) is 0 Å². The molecular weight excluding hydrogens is 367 g/mol. The third-order valence-corrected chi connectivity index (χ3v) is 4.42. The molecule has 0 saturated heterocycles. The summed E-state index contributed by atoms with van der Waals surface area (Å²) in [5.74, 6) is 0.511. The number of carbonyl (C=O) groups is 1. The molecule has 136 valence electrons. The lowest BCUT2D eigenvalue weighted by Crippen LogP contribution is -2.15. The minimum atomic E-state index is -4.40. The zero-order valence-electron chi connectivity index (χ0n) is 13.4. The number of nitrogens with one attached hydrogen (secondary N) is 1. The molecule has 5 nitrogen and oxygen atoms in total. The molecule has 0 saturated carbocycles. The first-order chi connectivity index (χ1) is 12.4. The number of aromatic nitrogens is 2. The Morgan fingerprint density at radius 1 is 1.23 bits per heavy atom. The highest BCUT2D eigenvalue weighted by Gasteiger charge is 2.29. The maximum atomic E-state index is 12.5. The largest absolute Gasteiger partial charge is 0.467 e. The fraction of sp³-hybridized carbons (Fsp3) is 0.176. The number of nitrogens with zero attached hydrogens (tertiary/aromatic N) is 2. The van der Waals surface area contributed by atoms with Crippen molar-refractivity contribution in [2.24, 2.45) is 0 Å². The van der Waals surface area contributed by atoms with Crippen LogP contribution < -0.4 is 5.32 Å². The SMILES string of the molecule is O=C(CSc1nccn1Cc1ccco1)Nc1ccc(C(F)(F)F)cc1. The summed E-state index contributed by atoms with van der Waals surface area (Å²) in [6, 6.07) is 7.94. The second-order valence-corrected chi connectivity index (χ2v) is 6.27. The minimum Gasteiger partial charge on any atom is -0.467 e. The number of rotatable bonds is 6. The highest BCUT2D eigenvalue weighted by Crippen LogP contribution is 2.29. The van der Waals surface area contributed by atoms with Crippen LogP contribution in [0.15, 0.2) is 64.6 Å². The summed E-state index contributed by atoms with van der Waals surface area (Å²) in [6.07, 6.45) is 0.581. The average Bonchev–Trinajstić information content (AvgIpc) is 3.25. The van der Waals surface area contributed by atoms with Gasteiger partial charge in [-0.15, -0.1) is 0 Å². The number of benzene rings is 1. The second-order valence-electron chi connectivity index (χ2n) is 5.33. The first kappa shape index (κ1) is 18.1. The monoisotopic (exact) mass is 381 g/mol. The Bertz CT molecular complexity index is 858. The molecule has 0 aliphatic rings. The van der Waals surface area contributed by atoms with Crippen LogP contribution in [0.1, 0.15) is 11.3 Å². The Balaban J connectivity index is 1.54. The van der Waals surface area contributed by atoms with Crippen LogP contribution in [0.4, 0.5) is 18.9 Å². The number of imidazole rings is 1. The number of halogens is 3. The van der Waals surface area contributed by atoms with Crippen molar-refractivity contribution in [3.05, 3.63) is 66.4 Å². The van der Waals surface area contributed by atoms with Gasteiger partial charge in [0.05, 0.1) is 24.1 Å². The molecular formula is C17H14F3N3O2S. The molecule has 2 aromatic heterocycles. The van der Waals surface area contributed by atoms with Crippen molar-refractivity contribution >= 4 is 23.4 Å². The van der Waals surface area contributed by atoms with Crippen LogP contribution in [0.5, 0.6) is 0 Å². The lowest BCUT2D eigenvalue weighted by molar-refractivity contribution is -0.137. The van der Waals surface area contributed by atoms with Gasteiger partial charge in [0.2, 0.25) is 5.91 Å². The zero-order valence-corrected chi connectivity index (χ0v) is 14.2. The quantitative estimate of drug-likeness (QED) is 0.648. The molecule has 0 aliphatic heterocycles. The molecule has 3 aromatic rings. The molecule has 2 heterocycles. The van der Waals surface area contributed by atoms with Gasteiger partial charge in [0.15, 0.2) is 5.16 Å². The first-order valence-electron chi connectivity index (χ1n) is 7.55. The van der Waals surface area contributed by atoms with Crippen LogP contribution >= 0.6 is 11.8 Å². The number of hydrogen-bond donors (Lipinski definition) is 1. The molecule has 0 radical (unpaired) electrons. The van der Waals surface area contributed by atoms with Crippen molar-refractivity contribution in [2.45, 2.75) is 17.9 Å². The molecule has 0 fully saturated rings. The van der Waals surface area contributed by atoms with E-state index in [1.165, 1.54) is 23.9 Å². The van der Waals surface area contributed by atoms with Crippen molar-refractivity contribution in [2.75, 3.05) is 11.1 Å². The van der Waals surface area contributed by atoms with E-state index in [4.69, 9.17) is 4.42 Å². The summed E-state index contributed by atoms with van der Waals surface area (Å²) in [4.78, 5) is 16.2. The molecule has 0 spiro atoms. The first-order valence-corrected chi connectivity index (χ1v) is 8.54. The van der Waals surface area contributed by atoms with E-state index in [2.05, 4.69) is 10.3 Å². The highest BCUT2D eigenvalue weighted by atomic mass is 32.2. The van der Waals surface area contributed by atoms with Crippen molar-refractivity contribution in [1.29, 1.82) is 0 Å². The van der Waals surface area contributed by atoms with Gasteiger partial charge >= 0.3 is 6.18 Å². The molecule has 3 rings (SSSR count). The molecule has 1 aromatic carbocycles. The summed E-state index contributed by atoms with van der Waals surface area (Å²) < 4.78 is 44.7. The van der Waals surface area contributed by atoms with Crippen molar-refractivity contribution < 1.29 is 22.4 Å². The fourth-order valence-corrected chi connectivity index (χ4v) is 2.96. The second kappa shape index (κ2) is 7.69. The topological polar surface area (TPSA) is 60.1 Å². The van der Waals surface area contributed by atoms with Gasteiger partial charge in [-0.2, -0.15) is 13.2 Å². The fourth-order valence-electron chi connectivity index (χ4n) is 2.20. The average molecular weight is 381 g/mol. The molecule has 9 heteroatoms. The van der Waals surface area contributed by atoms with Gasteiger partial charge in [-0.25, -0.2) is 4.98 Å². The van der Waals surface area contributed by atoms with Crippen LogP contribution in [-0.4, -0.2) is 21.2 Å². The maximum absolute atomic E-state index is 12.5. The van der Waals surface area contributed by atoms with E-state index in [9.17, 15) is 18.0 Å². The van der Waals surface area contributed by atoms with Gasteiger partial charge in [0.1, 0.15) is 5.76 Å². The van der Waals surface area contributed by atoms with E-state index in [1.807, 2.05) is 10.6 Å². The molecule has 0 unspecified atom stereocenters. The van der Waals surface area contributed by atoms with E-state index in [-0.39, 0.29) is 11.7 Å². The van der Waals surface area contributed by atoms with Gasteiger partial charge in [-0.1, -0.05) is 11.8 Å². The summed E-state index contributed by atoms with van der Waals surface area (Å²) in [5.41, 5.74) is -0.452. The van der Waals surface area contributed by atoms with E-state index in [0.717, 1.165) is 17.9 Å². The van der Waals surface area contributed by atoms with E-state index in [0.29, 0.717) is 17.4 Å². The number of anilines is 1. The smallest absolute Gasteiger partial charge is 0.416 e. The Hall–Kier alpha value is -2.68. The number of alkyl halides is 3. The molecule has 0 atom stereocenters. The van der Waals surface area contributed by atoms with E-state index >= 15 is 0 Å². The van der Waals surface area contributed by atoms with Gasteiger partial charge < -0.3 is 14.3 Å². The highest BCUT2D eigenvalue weighted by molar-refractivity contribution is 7.99. The third kappa shape index (κ3) is 4.69. The molecule has 26 heavy (non-hydrogen) atoms. The third-order valence-electron chi connectivity index (χ3n) is 3.41. The summed E-state index contributed by atoms with van der Waals surface area (Å²) >= 11 is 1.23. The predicted octanol–water partition coefficient (Wildman–Crippen LogP) is 4.27. The molecule has 1 N–H and O–H groups in total. The normalized spacial score (nSPS) is 11.5. The lowest BCUT2D eigenvalue weighted by Gasteiger charge is -2.09. The Morgan fingerprint density at radius 2 is 2.00 bits per heavy atom. The number of furan rings is 1. The van der Waals surface area contributed by atoms with Crippen LogP contribution in [-0.2, 0) is 17.5 Å².